The predicted octanol–water partition coefficient (Wildman–Crippen LogP) is 3.22. The first-order chi connectivity index (χ1) is 15.1. The Bertz CT molecular complexity index is 1360. The fourth-order valence-corrected chi connectivity index (χ4v) is 5.16. The Balaban J connectivity index is 2.08. The molecular weight excluding hydrogens is 474 g/mol. The molecule has 0 fully saturated rings. The maximum absolute atomic E-state index is 12.8. The van der Waals surface area contributed by atoms with Gasteiger partial charge in [-0.2, -0.15) is 4.99 Å². The summed E-state index contributed by atoms with van der Waals surface area (Å²) in [6.07, 6.45) is 0. The van der Waals surface area contributed by atoms with Crippen molar-refractivity contribution in [3.63, 3.8) is 0 Å². The Morgan fingerprint density at radius 1 is 1.16 bits per heavy atom. The second kappa shape index (κ2) is 9.53. The van der Waals surface area contributed by atoms with Crippen molar-refractivity contribution in [3.8, 4) is 0 Å². The first kappa shape index (κ1) is 24.1. The van der Waals surface area contributed by atoms with E-state index < -0.39 is 21.9 Å². The van der Waals surface area contributed by atoms with E-state index in [1.54, 1.807) is 23.6 Å². The van der Waals surface area contributed by atoms with Crippen LogP contribution in [0.25, 0.3) is 10.2 Å². The number of hydrogen-bond acceptors (Lipinski definition) is 6. The minimum atomic E-state index is -3.60. The van der Waals surface area contributed by atoms with Gasteiger partial charge in [-0.05, 0) is 55.8 Å². The molecule has 0 aliphatic rings. The quantitative estimate of drug-likeness (QED) is 0.489. The number of carbonyl (C=O) groups excluding carboxylic acids is 2. The Morgan fingerprint density at radius 2 is 1.81 bits per heavy atom. The minimum Gasteiger partial charge on any atom is -0.465 e. The molecule has 11 heteroatoms. The van der Waals surface area contributed by atoms with Gasteiger partial charge in [-0.3, -0.25) is 9.59 Å². The van der Waals surface area contributed by atoms with Gasteiger partial charge in [0, 0.05) is 24.7 Å². The van der Waals surface area contributed by atoms with Crippen LogP contribution < -0.4 is 4.80 Å². The number of carbonyl (C=O) groups is 2. The number of esters is 1. The van der Waals surface area contributed by atoms with Crippen molar-refractivity contribution in [2.75, 3.05) is 20.7 Å². The fourth-order valence-electron chi connectivity index (χ4n) is 3.01. The summed E-state index contributed by atoms with van der Waals surface area (Å²) in [4.78, 5) is 29.6. The van der Waals surface area contributed by atoms with Crippen LogP contribution in [-0.4, -0.2) is 49.9 Å². The van der Waals surface area contributed by atoms with E-state index in [1.807, 2.05) is 6.92 Å². The van der Waals surface area contributed by atoms with Crippen molar-refractivity contribution < 1.29 is 22.7 Å². The summed E-state index contributed by atoms with van der Waals surface area (Å²) in [5.74, 6) is -1.02. The molecule has 1 aromatic heterocycles. The molecule has 1 amide bonds. The average Bonchev–Trinajstić information content (AvgIpc) is 3.08. The average molecular weight is 496 g/mol. The molecule has 0 saturated heterocycles. The number of aryl methyl sites for hydroxylation is 1. The summed E-state index contributed by atoms with van der Waals surface area (Å²) in [5.41, 5.74) is 1.68. The molecule has 0 saturated carbocycles. The number of fused-ring (bicyclic) bond motifs is 1. The van der Waals surface area contributed by atoms with E-state index in [2.05, 4.69) is 4.99 Å². The van der Waals surface area contributed by atoms with Crippen LogP contribution in [0.4, 0.5) is 0 Å². The monoisotopic (exact) mass is 495 g/mol. The lowest BCUT2D eigenvalue weighted by Gasteiger charge is -2.11. The molecule has 0 radical (unpaired) electrons. The van der Waals surface area contributed by atoms with Gasteiger partial charge in [-0.15, -0.1) is 0 Å². The van der Waals surface area contributed by atoms with Gasteiger partial charge in [0.2, 0.25) is 10.0 Å². The Labute approximate surface area is 194 Å². The highest BCUT2D eigenvalue weighted by Gasteiger charge is 2.18. The summed E-state index contributed by atoms with van der Waals surface area (Å²) in [6, 6.07) is 9.10. The molecule has 8 nitrogen and oxygen atoms in total. The molecule has 0 unspecified atom stereocenters. The molecule has 170 valence electrons. The van der Waals surface area contributed by atoms with Crippen LogP contribution in [0.15, 0.2) is 46.3 Å². The number of halogens is 1. The molecule has 0 aliphatic heterocycles. The zero-order valence-electron chi connectivity index (χ0n) is 18.0. The van der Waals surface area contributed by atoms with Crippen LogP contribution in [-0.2, 0) is 26.1 Å². The van der Waals surface area contributed by atoms with Crippen molar-refractivity contribution >= 4 is 55.1 Å². The number of thiazole rings is 1. The third-order valence-electron chi connectivity index (χ3n) is 4.70. The molecule has 0 spiro atoms. The molecule has 1 heterocycles. The van der Waals surface area contributed by atoms with Gasteiger partial charge in [0.05, 0.1) is 21.7 Å². The number of aromatic nitrogens is 1. The summed E-state index contributed by atoms with van der Waals surface area (Å²) in [5, 5.41) is 0.531. The molecule has 2 aromatic carbocycles. The maximum Gasteiger partial charge on any atom is 0.326 e. The molecule has 0 aliphatic carbocycles. The standard InChI is InChI=1S/C21H22ClN3O5S2/c1-5-30-18(26)12-25-19-13(2)16(22)10-11-17(19)31-21(25)23-20(27)14-6-8-15(9-7-14)32(28,29)24(3)4/h6-11H,5,12H2,1-4H3. The van der Waals surface area contributed by atoms with Gasteiger partial charge in [-0.25, -0.2) is 12.7 Å². The molecular formula is C21H22ClN3O5S2. The molecule has 0 N–H and O–H groups in total. The van der Waals surface area contributed by atoms with Gasteiger partial charge in [0.25, 0.3) is 5.91 Å². The fraction of sp³-hybridized carbons (Fsp3) is 0.286. The summed E-state index contributed by atoms with van der Waals surface area (Å²) >= 11 is 7.51. The van der Waals surface area contributed by atoms with Crippen LogP contribution >= 0.6 is 22.9 Å². The van der Waals surface area contributed by atoms with Gasteiger partial charge in [-0.1, -0.05) is 22.9 Å². The van der Waals surface area contributed by atoms with Gasteiger partial charge in [0.1, 0.15) is 6.54 Å². The molecule has 0 bridgehead atoms. The first-order valence-corrected chi connectivity index (χ1v) is 12.3. The van der Waals surface area contributed by atoms with Crippen molar-refractivity contribution in [3.05, 3.63) is 57.3 Å². The van der Waals surface area contributed by atoms with Crippen LogP contribution in [0, 0.1) is 6.92 Å². The highest BCUT2D eigenvalue weighted by atomic mass is 35.5. The van der Waals surface area contributed by atoms with Crippen LogP contribution in [0.1, 0.15) is 22.8 Å². The maximum atomic E-state index is 12.8. The number of rotatable bonds is 6. The van der Waals surface area contributed by atoms with E-state index in [1.165, 1.54) is 49.7 Å². The topological polar surface area (TPSA) is 98.0 Å². The summed E-state index contributed by atoms with van der Waals surface area (Å²) in [7, 11) is -0.740. The molecule has 3 aromatic rings. The number of amides is 1. The molecule has 32 heavy (non-hydrogen) atoms. The summed E-state index contributed by atoms with van der Waals surface area (Å²) in [6.45, 7) is 3.65. The molecule has 0 atom stereocenters. The van der Waals surface area contributed by atoms with Gasteiger partial charge in [0.15, 0.2) is 4.80 Å². The number of nitrogens with zero attached hydrogens (tertiary/aromatic N) is 3. The Kier molecular flexibility index (Phi) is 7.19. The highest BCUT2D eigenvalue weighted by Crippen LogP contribution is 2.27. The van der Waals surface area contributed by atoms with Gasteiger partial charge >= 0.3 is 5.97 Å². The van der Waals surface area contributed by atoms with Crippen molar-refractivity contribution in [1.29, 1.82) is 0 Å². The SMILES string of the molecule is CCOC(=O)Cn1c(=NC(=O)c2ccc(S(=O)(=O)N(C)C)cc2)sc2ccc(Cl)c(C)c21. The first-order valence-electron chi connectivity index (χ1n) is 9.62. The number of hydrogen-bond donors (Lipinski definition) is 0. The number of benzene rings is 2. The van der Waals surface area contributed by atoms with Crippen molar-refractivity contribution in [1.82, 2.24) is 8.87 Å². The largest absolute Gasteiger partial charge is 0.465 e. The Hall–Kier alpha value is -2.53. The summed E-state index contributed by atoms with van der Waals surface area (Å²) < 4.78 is 33.0. The van der Waals surface area contributed by atoms with E-state index in [-0.39, 0.29) is 23.6 Å². The van der Waals surface area contributed by atoms with Crippen LogP contribution in [0.5, 0.6) is 0 Å². The lowest BCUT2D eigenvalue weighted by molar-refractivity contribution is -0.143. The minimum absolute atomic E-state index is 0.0727. The van der Waals surface area contributed by atoms with E-state index >= 15 is 0 Å². The van der Waals surface area contributed by atoms with Crippen molar-refractivity contribution in [2.45, 2.75) is 25.3 Å². The van der Waals surface area contributed by atoms with Crippen LogP contribution in [0.3, 0.4) is 0 Å². The third-order valence-corrected chi connectivity index (χ3v) is 7.98. The normalized spacial score (nSPS) is 12.5. The van der Waals surface area contributed by atoms with Gasteiger partial charge < -0.3 is 9.30 Å². The second-order valence-electron chi connectivity index (χ2n) is 7.02. The zero-order valence-corrected chi connectivity index (χ0v) is 20.3. The predicted molar refractivity (Wildman–Crippen MR) is 123 cm³/mol. The van der Waals surface area contributed by atoms with E-state index in [0.717, 1.165) is 14.6 Å². The van der Waals surface area contributed by atoms with E-state index in [0.29, 0.717) is 15.3 Å². The Morgan fingerprint density at radius 3 is 2.41 bits per heavy atom. The zero-order chi connectivity index (χ0) is 23.6. The van der Waals surface area contributed by atoms with E-state index in [9.17, 15) is 18.0 Å². The second-order valence-corrected chi connectivity index (χ2v) is 10.6. The number of ether oxygens (including phenoxy) is 1. The van der Waals surface area contributed by atoms with E-state index in [4.69, 9.17) is 16.3 Å². The lowest BCUT2D eigenvalue weighted by Crippen LogP contribution is -2.23. The van der Waals surface area contributed by atoms with Crippen molar-refractivity contribution in [2.24, 2.45) is 4.99 Å². The highest BCUT2D eigenvalue weighted by molar-refractivity contribution is 7.89. The lowest BCUT2D eigenvalue weighted by atomic mass is 10.2. The smallest absolute Gasteiger partial charge is 0.326 e. The number of sulfonamides is 1. The third kappa shape index (κ3) is 4.78. The van der Waals surface area contributed by atoms with Crippen LogP contribution in [0.2, 0.25) is 5.02 Å². The molecule has 3 rings (SSSR count).